The monoisotopic (exact) mass is 349 g/mol. The van der Waals surface area contributed by atoms with E-state index in [1.54, 1.807) is 0 Å². The number of alkyl halides is 3. The van der Waals surface area contributed by atoms with Crippen molar-refractivity contribution in [1.29, 1.82) is 0 Å². The van der Waals surface area contributed by atoms with Crippen LogP contribution in [0.1, 0.15) is 19.3 Å². The summed E-state index contributed by atoms with van der Waals surface area (Å²) in [5.74, 6) is -1.73. The molecule has 0 aliphatic carbocycles. The van der Waals surface area contributed by atoms with E-state index in [0.717, 1.165) is 0 Å². The van der Waals surface area contributed by atoms with Crippen LogP contribution in [-0.2, 0) is 19.1 Å². The minimum Gasteiger partial charge on any atom is -0.480 e. The van der Waals surface area contributed by atoms with Gasteiger partial charge in [-0.2, -0.15) is 0 Å². The zero-order valence-corrected chi connectivity index (χ0v) is 12.8. The van der Waals surface area contributed by atoms with E-state index in [4.69, 9.17) is 39.9 Å². The quantitative estimate of drug-likeness (QED) is 0.537. The molecule has 0 aliphatic rings. The molecule has 0 spiro atoms. The van der Waals surface area contributed by atoms with Gasteiger partial charge in [0.1, 0.15) is 12.6 Å². The topological polar surface area (TPSA) is 102 Å². The lowest BCUT2D eigenvalue weighted by atomic mass is 10.1. The molecule has 0 aromatic heterocycles. The Labute approximate surface area is 130 Å². The maximum Gasteiger partial charge on any atom is 0.407 e. The lowest BCUT2D eigenvalue weighted by Crippen LogP contribution is -2.41. The van der Waals surface area contributed by atoms with Crippen LogP contribution in [0.15, 0.2) is 0 Å². The molecular formula is C10H14Cl3NO6. The first-order valence-corrected chi connectivity index (χ1v) is 6.58. The van der Waals surface area contributed by atoms with Gasteiger partial charge in [-0.15, -0.1) is 0 Å². The summed E-state index contributed by atoms with van der Waals surface area (Å²) < 4.78 is 7.17. The number of aliphatic carboxylic acids is 1. The number of nitrogens with one attached hydrogen (secondary N) is 1. The zero-order chi connectivity index (χ0) is 15.8. The Morgan fingerprint density at radius 1 is 1.30 bits per heavy atom. The number of amides is 1. The van der Waals surface area contributed by atoms with Gasteiger partial charge >= 0.3 is 18.0 Å². The Hall–Kier alpha value is -0.920. The number of carboxylic acids is 1. The molecule has 0 unspecified atom stereocenters. The third-order valence-electron chi connectivity index (χ3n) is 2.06. The number of rotatable bonds is 7. The number of carboxylic acid groups (broad SMARTS) is 1. The van der Waals surface area contributed by atoms with Crippen LogP contribution in [-0.4, -0.2) is 46.7 Å². The highest BCUT2D eigenvalue weighted by molar-refractivity contribution is 6.67. The second-order valence-corrected chi connectivity index (χ2v) is 6.21. The van der Waals surface area contributed by atoms with E-state index >= 15 is 0 Å². The fraction of sp³-hybridized carbons (Fsp3) is 0.700. The van der Waals surface area contributed by atoms with Crippen molar-refractivity contribution >= 4 is 52.8 Å². The fourth-order valence-corrected chi connectivity index (χ4v) is 1.30. The molecule has 0 radical (unpaired) electrons. The normalized spacial score (nSPS) is 12.4. The summed E-state index contributed by atoms with van der Waals surface area (Å²) in [4.78, 5) is 33.1. The van der Waals surface area contributed by atoms with Gasteiger partial charge in [-0.05, 0) is 12.8 Å². The summed E-state index contributed by atoms with van der Waals surface area (Å²) in [5.41, 5.74) is 0. The molecule has 0 saturated heterocycles. The first kappa shape index (κ1) is 19.1. The molecule has 0 aromatic rings. The Morgan fingerprint density at radius 3 is 2.35 bits per heavy atom. The molecule has 0 heterocycles. The van der Waals surface area contributed by atoms with Crippen LogP contribution in [0.4, 0.5) is 4.79 Å². The molecule has 0 fully saturated rings. The van der Waals surface area contributed by atoms with Gasteiger partial charge in [-0.1, -0.05) is 34.8 Å². The Balaban J connectivity index is 4.17. The summed E-state index contributed by atoms with van der Waals surface area (Å²) in [6.45, 7) is -0.516. The summed E-state index contributed by atoms with van der Waals surface area (Å²) in [7, 11) is 1.23. The summed E-state index contributed by atoms with van der Waals surface area (Å²) in [6.07, 6.45) is -0.714. The average Bonchev–Trinajstić information content (AvgIpc) is 2.33. The molecule has 20 heavy (non-hydrogen) atoms. The second-order valence-electron chi connectivity index (χ2n) is 3.69. The number of alkyl carbamates (subject to hydrolysis) is 1. The van der Waals surface area contributed by atoms with Crippen LogP contribution in [0.3, 0.4) is 0 Å². The first-order valence-electron chi connectivity index (χ1n) is 5.45. The number of halogens is 3. The molecule has 10 heteroatoms. The SMILES string of the molecule is COC(=O)CCC[C@H](NC(=O)OCC(Cl)(Cl)Cl)C(=O)O. The lowest BCUT2D eigenvalue weighted by molar-refractivity contribution is -0.142. The van der Waals surface area contributed by atoms with Gasteiger partial charge in [0.15, 0.2) is 0 Å². The van der Waals surface area contributed by atoms with E-state index in [-0.39, 0.29) is 19.3 Å². The molecule has 0 bridgehead atoms. The van der Waals surface area contributed by atoms with E-state index in [1.807, 2.05) is 0 Å². The van der Waals surface area contributed by atoms with E-state index in [0.29, 0.717) is 0 Å². The van der Waals surface area contributed by atoms with Gasteiger partial charge in [-0.3, -0.25) is 4.79 Å². The van der Waals surface area contributed by atoms with Crippen molar-refractivity contribution in [2.45, 2.75) is 29.1 Å². The van der Waals surface area contributed by atoms with E-state index in [2.05, 4.69) is 14.8 Å². The highest BCUT2D eigenvalue weighted by atomic mass is 35.6. The van der Waals surface area contributed by atoms with Gasteiger partial charge in [0.05, 0.1) is 7.11 Å². The molecule has 0 aromatic carbocycles. The molecule has 0 aliphatic heterocycles. The zero-order valence-electron chi connectivity index (χ0n) is 10.5. The number of hydrogen-bond donors (Lipinski definition) is 2. The van der Waals surface area contributed by atoms with Crippen LogP contribution in [0.25, 0.3) is 0 Å². The minimum atomic E-state index is -1.78. The smallest absolute Gasteiger partial charge is 0.407 e. The molecule has 1 atom stereocenters. The van der Waals surface area contributed by atoms with Crippen LogP contribution in [0.2, 0.25) is 0 Å². The van der Waals surface area contributed by atoms with Gasteiger partial charge < -0.3 is 19.9 Å². The molecule has 7 nitrogen and oxygen atoms in total. The van der Waals surface area contributed by atoms with Crippen molar-refractivity contribution in [3.8, 4) is 0 Å². The Bertz CT molecular complexity index is 357. The molecular weight excluding hydrogens is 336 g/mol. The Morgan fingerprint density at radius 2 is 1.90 bits per heavy atom. The van der Waals surface area contributed by atoms with Gasteiger partial charge in [0.2, 0.25) is 3.79 Å². The van der Waals surface area contributed by atoms with Crippen molar-refractivity contribution in [2.75, 3.05) is 13.7 Å². The van der Waals surface area contributed by atoms with Crippen molar-refractivity contribution in [2.24, 2.45) is 0 Å². The number of hydrogen-bond acceptors (Lipinski definition) is 5. The van der Waals surface area contributed by atoms with Crippen LogP contribution in [0, 0.1) is 0 Å². The van der Waals surface area contributed by atoms with Crippen molar-refractivity contribution < 1.29 is 29.0 Å². The number of carbonyl (C=O) groups excluding carboxylic acids is 2. The van der Waals surface area contributed by atoms with Gasteiger partial charge in [0, 0.05) is 6.42 Å². The standard InChI is InChI=1S/C10H14Cl3NO6/c1-19-7(15)4-2-3-6(8(16)17)14-9(18)20-5-10(11,12)13/h6H,2-5H2,1H3,(H,14,18)(H,16,17)/t6-/m0/s1. The largest absolute Gasteiger partial charge is 0.480 e. The van der Waals surface area contributed by atoms with Gasteiger partial charge in [0.25, 0.3) is 0 Å². The lowest BCUT2D eigenvalue weighted by Gasteiger charge is -2.16. The molecule has 116 valence electrons. The number of esters is 1. The number of carbonyl (C=O) groups is 3. The first-order chi connectivity index (χ1) is 9.15. The maximum absolute atomic E-state index is 11.3. The van der Waals surface area contributed by atoms with E-state index in [1.165, 1.54) is 7.11 Å². The highest BCUT2D eigenvalue weighted by Crippen LogP contribution is 2.25. The Kier molecular flexibility index (Phi) is 8.68. The summed E-state index contributed by atoms with van der Waals surface area (Å²) >= 11 is 16.1. The van der Waals surface area contributed by atoms with E-state index in [9.17, 15) is 14.4 Å². The third-order valence-corrected chi connectivity index (χ3v) is 2.39. The summed E-state index contributed by atoms with van der Waals surface area (Å²) in [6, 6.07) is -1.21. The predicted octanol–water partition coefficient (Wildman–Crippen LogP) is 1.88. The molecule has 2 N–H and O–H groups in total. The third kappa shape index (κ3) is 9.94. The molecule has 0 rings (SSSR count). The summed E-state index contributed by atoms with van der Waals surface area (Å²) in [5, 5.41) is 11.0. The number of methoxy groups -OCH3 is 1. The molecule has 0 saturated carbocycles. The molecule has 1 amide bonds. The maximum atomic E-state index is 11.3. The van der Waals surface area contributed by atoms with Crippen LogP contribution in [0.5, 0.6) is 0 Å². The highest BCUT2D eigenvalue weighted by Gasteiger charge is 2.25. The minimum absolute atomic E-state index is 0.0350. The number of ether oxygens (including phenoxy) is 2. The van der Waals surface area contributed by atoms with Crippen molar-refractivity contribution in [1.82, 2.24) is 5.32 Å². The van der Waals surface area contributed by atoms with Crippen LogP contribution >= 0.6 is 34.8 Å². The second kappa shape index (κ2) is 9.10. The predicted molar refractivity (Wildman–Crippen MR) is 72.1 cm³/mol. The van der Waals surface area contributed by atoms with Crippen molar-refractivity contribution in [3.63, 3.8) is 0 Å². The average molecular weight is 351 g/mol. The fourth-order valence-electron chi connectivity index (χ4n) is 1.14. The van der Waals surface area contributed by atoms with Gasteiger partial charge in [-0.25, -0.2) is 9.59 Å². The van der Waals surface area contributed by atoms with E-state index < -0.39 is 34.5 Å². The van der Waals surface area contributed by atoms with Crippen LogP contribution < -0.4 is 5.32 Å². The van der Waals surface area contributed by atoms with Crippen molar-refractivity contribution in [3.05, 3.63) is 0 Å².